The van der Waals surface area contributed by atoms with E-state index in [9.17, 15) is 0 Å². The fourth-order valence-corrected chi connectivity index (χ4v) is 2.77. The Bertz CT molecular complexity index is 434. The van der Waals surface area contributed by atoms with Crippen LogP contribution in [-0.2, 0) is 5.54 Å². The molecule has 0 unspecified atom stereocenters. The Labute approximate surface area is 108 Å². The van der Waals surface area contributed by atoms with Crippen molar-refractivity contribution in [2.45, 2.75) is 50.2 Å². The Morgan fingerprint density at radius 1 is 1.22 bits per heavy atom. The van der Waals surface area contributed by atoms with Crippen LogP contribution in [0.2, 0.25) is 0 Å². The molecule has 0 saturated heterocycles. The highest BCUT2D eigenvalue weighted by molar-refractivity contribution is 5.51. The zero-order valence-electron chi connectivity index (χ0n) is 10.9. The zero-order valence-corrected chi connectivity index (χ0v) is 10.9. The van der Waals surface area contributed by atoms with Crippen molar-refractivity contribution >= 4 is 0 Å². The second kappa shape index (κ2) is 4.47. The molecule has 3 heteroatoms. The van der Waals surface area contributed by atoms with E-state index < -0.39 is 0 Å². The third-order valence-corrected chi connectivity index (χ3v) is 4.11. The van der Waals surface area contributed by atoms with Gasteiger partial charge in [0.1, 0.15) is 0 Å². The third kappa shape index (κ3) is 2.07. The number of para-hydroxylation sites is 1. The third-order valence-electron chi connectivity index (χ3n) is 4.11. The summed E-state index contributed by atoms with van der Waals surface area (Å²) in [7, 11) is 1.69. The molecule has 18 heavy (non-hydrogen) atoms. The van der Waals surface area contributed by atoms with Crippen LogP contribution in [0.1, 0.15) is 44.1 Å². The predicted octanol–water partition coefficient (Wildman–Crippen LogP) is 2.96. The fourth-order valence-electron chi connectivity index (χ4n) is 2.77. The van der Waals surface area contributed by atoms with Crippen LogP contribution in [0.5, 0.6) is 11.5 Å². The van der Waals surface area contributed by atoms with Crippen molar-refractivity contribution in [3.63, 3.8) is 0 Å². The maximum Gasteiger partial charge on any atom is 0.166 e. The van der Waals surface area contributed by atoms with Gasteiger partial charge in [-0.15, -0.1) is 0 Å². The number of benzene rings is 1. The number of hydrogen-bond donors (Lipinski definition) is 1. The molecule has 1 aromatic carbocycles. The molecular formula is C15H21NO2. The Balaban J connectivity index is 1.93. The van der Waals surface area contributed by atoms with Gasteiger partial charge in [0.25, 0.3) is 0 Å². The Kier molecular flexibility index (Phi) is 2.94. The molecule has 0 amide bonds. The molecule has 0 spiro atoms. The van der Waals surface area contributed by atoms with E-state index in [4.69, 9.17) is 15.2 Å². The van der Waals surface area contributed by atoms with Crippen LogP contribution in [0.4, 0.5) is 0 Å². The van der Waals surface area contributed by atoms with Crippen molar-refractivity contribution < 1.29 is 9.47 Å². The van der Waals surface area contributed by atoms with Crippen molar-refractivity contribution in [1.82, 2.24) is 0 Å². The molecule has 2 saturated carbocycles. The van der Waals surface area contributed by atoms with Gasteiger partial charge in [0.2, 0.25) is 0 Å². The zero-order chi connectivity index (χ0) is 12.6. The van der Waals surface area contributed by atoms with Crippen LogP contribution >= 0.6 is 0 Å². The summed E-state index contributed by atoms with van der Waals surface area (Å²) in [6.07, 6.45) is 7.25. The second-order valence-electron chi connectivity index (χ2n) is 5.52. The van der Waals surface area contributed by atoms with Crippen molar-refractivity contribution in [3.05, 3.63) is 23.8 Å². The fraction of sp³-hybridized carbons (Fsp3) is 0.600. The minimum atomic E-state index is -0.178. The van der Waals surface area contributed by atoms with Crippen molar-refractivity contribution in [3.8, 4) is 11.5 Å². The Hall–Kier alpha value is -1.22. The van der Waals surface area contributed by atoms with E-state index in [1.54, 1.807) is 7.11 Å². The van der Waals surface area contributed by atoms with E-state index >= 15 is 0 Å². The van der Waals surface area contributed by atoms with Gasteiger partial charge in [-0.25, -0.2) is 0 Å². The van der Waals surface area contributed by atoms with Gasteiger partial charge in [-0.05, 0) is 44.6 Å². The molecule has 0 aromatic heterocycles. The van der Waals surface area contributed by atoms with E-state index in [0.717, 1.165) is 42.7 Å². The molecule has 0 atom stereocenters. The molecule has 1 aromatic rings. The summed E-state index contributed by atoms with van der Waals surface area (Å²) in [6, 6.07) is 6.04. The number of ether oxygens (including phenoxy) is 2. The van der Waals surface area contributed by atoms with Gasteiger partial charge >= 0.3 is 0 Å². The van der Waals surface area contributed by atoms with Crippen molar-refractivity contribution in [2.24, 2.45) is 5.73 Å². The van der Waals surface area contributed by atoms with E-state index in [1.165, 1.54) is 12.8 Å². The molecule has 2 aliphatic rings. The summed E-state index contributed by atoms with van der Waals surface area (Å²) in [5.41, 5.74) is 7.27. The first-order valence-corrected chi connectivity index (χ1v) is 6.86. The number of methoxy groups -OCH3 is 1. The number of nitrogens with two attached hydrogens (primary N) is 1. The van der Waals surface area contributed by atoms with Gasteiger partial charge in [-0.1, -0.05) is 12.1 Å². The monoisotopic (exact) mass is 247 g/mol. The van der Waals surface area contributed by atoms with Crippen molar-refractivity contribution in [2.75, 3.05) is 7.11 Å². The van der Waals surface area contributed by atoms with Crippen LogP contribution in [0, 0.1) is 0 Å². The second-order valence-corrected chi connectivity index (χ2v) is 5.52. The largest absolute Gasteiger partial charge is 0.493 e. The highest BCUT2D eigenvalue weighted by atomic mass is 16.5. The first kappa shape index (κ1) is 11.8. The average Bonchev–Trinajstić information content (AvgIpc) is 2.92. The van der Waals surface area contributed by atoms with Gasteiger partial charge in [-0.3, -0.25) is 0 Å². The summed E-state index contributed by atoms with van der Waals surface area (Å²) in [4.78, 5) is 0. The summed E-state index contributed by atoms with van der Waals surface area (Å²) in [5, 5.41) is 0. The van der Waals surface area contributed by atoms with Crippen LogP contribution in [0.25, 0.3) is 0 Å². The Morgan fingerprint density at radius 3 is 2.56 bits per heavy atom. The van der Waals surface area contributed by atoms with Crippen LogP contribution in [0.15, 0.2) is 18.2 Å². The maximum absolute atomic E-state index is 6.33. The van der Waals surface area contributed by atoms with E-state index in [0.29, 0.717) is 6.10 Å². The molecule has 0 radical (unpaired) electrons. The van der Waals surface area contributed by atoms with E-state index in [-0.39, 0.29) is 5.54 Å². The van der Waals surface area contributed by atoms with Crippen LogP contribution < -0.4 is 15.2 Å². The van der Waals surface area contributed by atoms with Gasteiger partial charge in [-0.2, -0.15) is 0 Å². The number of rotatable bonds is 4. The number of hydrogen-bond acceptors (Lipinski definition) is 3. The lowest BCUT2D eigenvalue weighted by Crippen LogP contribution is -2.22. The summed E-state index contributed by atoms with van der Waals surface area (Å²) >= 11 is 0. The lowest BCUT2D eigenvalue weighted by atomic mass is 10.0. The average molecular weight is 247 g/mol. The minimum absolute atomic E-state index is 0.178. The molecule has 98 valence electrons. The standard InChI is InChI=1S/C15H21NO2/c1-17-13-8-4-7-12(15(16)9-10-15)14(13)18-11-5-2-3-6-11/h4,7-8,11H,2-3,5-6,9-10,16H2,1H3. The van der Waals surface area contributed by atoms with Gasteiger partial charge in [0, 0.05) is 11.1 Å². The normalized spacial score (nSPS) is 21.9. The molecule has 2 aliphatic carbocycles. The highest BCUT2D eigenvalue weighted by Crippen LogP contribution is 2.49. The molecule has 0 aliphatic heterocycles. The predicted molar refractivity (Wildman–Crippen MR) is 71.0 cm³/mol. The lowest BCUT2D eigenvalue weighted by Gasteiger charge is -2.21. The quantitative estimate of drug-likeness (QED) is 0.889. The maximum atomic E-state index is 6.33. The SMILES string of the molecule is COc1cccc(C2(N)CC2)c1OC1CCCC1. The van der Waals surface area contributed by atoms with Gasteiger partial charge in [0.15, 0.2) is 11.5 Å². The molecule has 2 fully saturated rings. The highest BCUT2D eigenvalue weighted by Gasteiger charge is 2.43. The molecule has 0 bridgehead atoms. The van der Waals surface area contributed by atoms with Crippen LogP contribution in [0.3, 0.4) is 0 Å². The molecule has 0 heterocycles. The molecular weight excluding hydrogens is 226 g/mol. The smallest absolute Gasteiger partial charge is 0.166 e. The molecule has 3 rings (SSSR count). The molecule has 2 N–H and O–H groups in total. The summed E-state index contributed by atoms with van der Waals surface area (Å²) in [6.45, 7) is 0. The first-order valence-electron chi connectivity index (χ1n) is 6.86. The first-order chi connectivity index (χ1) is 8.73. The van der Waals surface area contributed by atoms with E-state index in [1.807, 2.05) is 12.1 Å². The Morgan fingerprint density at radius 2 is 1.94 bits per heavy atom. The van der Waals surface area contributed by atoms with Gasteiger partial charge in [0.05, 0.1) is 13.2 Å². The topological polar surface area (TPSA) is 44.5 Å². The van der Waals surface area contributed by atoms with Crippen molar-refractivity contribution in [1.29, 1.82) is 0 Å². The lowest BCUT2D eigenvalue weighted by molar-refractivity contribution is 0.197. The summed E-state index contributed by atoms with van der Waals surface area (Å²) < 4.78 is 11.6. The molecule has 3 nitrogen and oxygen atoms in total. The van der Waals surface area contributed by atoms with Gasteiger partial charge < -0.3 is 15.2 Å². The van der Waals surface area contributed by atoms with E-state index in [2.05, 4.69) is 6.07 Å². The van der Waals surface area contributed by atoms with Crippen LogP contribution in [-0.4, -0.2) is 13.2 Å². The summed E-state index contributed by atoms with van der Waals surface area (Å²) in [5.74, 6) is 1.70. The minimum Gasteiger partial charge on any atom is -0.493 e.